The van der Waals surface area contributed by atoms with Gasteiger partial charge in [-0.25, -0.2) is 4.79 Å². The number of carboxylic acids is 1. The molecule has 0 unspecified atom stereocenters. The smallest absolute Gasteiger partial charge is 0.337 e. The van der Waals surface area contributed by atoms with Crippen LogP contribution in [0.1, 0.15) is 15.9 Å². The molecule has 0 bridgehead atoms. The molecule has 11 heavy (non-hydrogen) atoms. The Labute approximate surface area is 68.6 Å². The van der Waals surface area contributed by atoms with Crippen LogP contribution in [0, 0.1) is 6.92 Å². The molecule has 0 atom stereocenters. The lowest BCUT2D eigenvalue weighted by Crippen LogP contribution is -2.00. The van der Waals surface area contributed by atoms with Crippen molar-refractivity contribution < 1.29 is 9.90 Å². The lowest BCUT2D eigenvalue weighted by Gasteiger charge is -1.99. The monoisotopic (exact) mass is 171 g/mol. The third-order valence-electron chi connectivity index (χ3n) is 1.38. The van der Waals surface area contributed by atoms with Crippen LogP contribution in [-0.2, 0) is 0 Å². The molecule has 0 aliphatic rings. The second kappa shape index (κ2) is 2.88. The molecule has 0 aliphatic carbocycles. The Morgan fingerprint density at radius 3 is 2.73 bits per heavy atom. The second-order valence-electron chi connectivity index (χ2n) is 2.10. The van der Waals surface area contributed by atoms with Gasteiger partial charge in [-0.15, -0.1) is 0 Å². The molecular formula is C7H6ClNO2. The summed E-state index contributed by atoms with van der Waals surface area (Å²) in [4.78, 5) is 14.1. The molecule has 1 aromatic heterocycles. The van der Waals surface area contributed by atoms with Crippen LogP contribution in [0.3, 0.4) is 0 Å². The van der Waals surface area contributed by atoms with E-state index in [2.05, 4.69) is 4.98 Å². The number of halogens is 1. The van der Waals surface area contributed by atoms with Gasteiger partial charge in [-0.05, 0) is 12.5 Å². The predicted octanol–water partition coefficient (Wildman–Crippen LogP) is 1.74. The Kier molecular flexibility index (Phi) is 2.10. The Morgan fingerprint density at radius 2 is 2.27 bits per heavy atom. The Balaban J connectivity index is 3.27. The zero-order valence-corrected chi connectivity index (χ0v) is 6.59. The Hall–Kier alpha value is -1.09. The molecule has 0 fully saturated rings. The van der Waals surface area contributed by atoms with Crippen molar-refractivity contribution in [1.82, 2.24) is 4.98 Å². The maximum absolute atomic E-state index is 10.5. The van der Waals surface area contributed by atoms with Crippen LogP contribution in [0.2, 0.25) is 5.02 Å². The Bertz CT molecular complexity index is 298. The van der Waals surface area contributed by atoms with Gasteiger partial charge in [0.15, 0.2) is 0 Å². The van der Waals surface area contributed by atoms with Crippen molar-refractivity contribution in [2.75, 3.05) is 0 Å². The lowest BCUT2D eigenvalue weighted by atomic mass is 10.2. The van der Waals surface area contributed by atoms with Crippen LogP contribution in [-0.4, -0.2) is 16.1 Å². The van der Waals surface area contributed by atoms with Gasteiger partial charge >= 0.3 is 5.97 Å². The van der Waals surface area contributed by atoms with Crippen molar-refractivity contribution in [3.8, 4) is 0 Å². The average molecular weight is 172 g/mol. The molecule has 0 spiro atoms. The van der Waals surface area contributed by atoms with E-state index in [4.69, 9.17) is 16.7 Å². The molecule has 1 aromatic rings. The van der Waals surface area contributed by atoms with Gasteiger partial charge in [-0.2, -0.15) is 0 Å². The maximum atomic E-state index is 10.5. The van der Waals surface area contributed by atoms with E-state index in [0.717, 1.165) is 0 Å². The summed E-state index contributed by atoms with van der Waals surface area (Å²) in [6.07, 6.45) is 2.70. The van der Waals surface area contributed by atoms with E-state index in [9.17, 15) is 4.79 Å². The number of pyridine rings is 1. The van der Waals surface area contributed by atoms with E-state index >= 15 is 0 Å². The Morgan fingerprint density at radius 1 is 1.64 bits per heavy atom. The van der Waals surface area contributed by atoms with Crippen molar-refractivity contribution in [2.24, 2.45) is 0 Å². The van der Waals surface area contributed by atoms with Crippen molar-refractivity contribution in [1.29, 1.82) is 0 Å². The largest absolute Gasteiger partial charge is 0.478 e. The standard InChI is InChI=1S/C7H6ClNO2/c1-4-5(7(10)11)2-9-3-6(4)8/h2-3H,1H3,(H,10,11). The predicted molar refractivity (Wildman–Crippen MR) is 40.9 cm³/mol. The summed E-state index contributed by atoms with van der Waals surface area (Å²) in [5, 5.41) is 8.97. The third-order valence-corrected chi connectivity index (χ3v) is 1.77. The number of carboxylic acid groups (broad SMARTS) is 1. The first-order valence-electron chi connectivity index (χ1n) is 2.96. The van der Waals surface area contributed by atoms with Gasteiger partial charge in [0.25, 0.3) is 0 Å². The number of aromatic carboxylic acids is 1. The summed E-state index contributed by atoms with van der Waals surface area (Å²) in [6.45, 7) is 1.65. The molecular weight excluding hydrogens is 166 g/mol. The molecule has 0 aromatic carbocycles. The zero-order valence-electron chi connectivity index (χ0n) is 5.84. The van der Waals surface area contributed by atoms with Crippen molar-refractivity contribution in [3.63, 3.8) is 0 Å². The highest BCUT2D eigenvalue weighted by atomic mass is 35.5. The fourth-order valence-corrected chi connectivity index (χ4v) is 0.873. The minimum atomic E-state index is -1.00. The van der Waals surface area contributed by atoms with E-state index in [1.807, 2.05) is 0 Å². The minimum Gasteiger partial charge on any atom is -0.478 e. The fourth-order valence-electron chi connectivity index (χ4n) is 0.715. The highest BCUT2D eigenvalue weighted by Gasteiger charge is 2.08. The molecule has 1 heterocycles. The van der Waals surface area contributed by atoms with Gasteiger partial charge in [0.2, 0.25) is 0 Å². The van der Waals surface area contributed by atoms with Crippen molar-refractivity contribution >= 4 is 17.6 Å². The molecule has 58 valence electrons. The molecule has 0 amide bonds. The van der Waals surface area contributed by atoms with E-state index in [1.165, 1.54) is 12.4 Å². The van der Waals surface area contributed by atoms with Gasteiger partial charge in [0.1, 0.15) is 0 Å². The van der Waals surface area contributed by atoms with Crippen molar-refractivity contribution in [2.45, 2.75) is 6.92 Å². The number of aromatic nitrogens is 1. The normalized spacial score (nSPS) is 9.64. The highest BCUT2D eigenvalue weighted by molar-refractivity contribution is 6.31. The molecule has 0 saturated carbocycles. The van der Waals surface area contributed by atoms with Gasteiger partial charge in [0.05, 0.1) is 10.6 Å². The maximum Gasteiger partial charge on any atom is 0.337 e. The van der Waals surface area contributed by atoms with Crippen molar-refractivity contribution in [3.05, 3.63) is 28.5 Å². The summed E-state index contributed by atoms with van der Waals surface area (Å²) in [7, 11) is 0. The number of carbonyl (C=O) groups is 1. The molecule has 1 N–H and O–H groups in total. The van der Waals surface area contributed by atoms with Gasteiger partial charge < -0.3 is 5.11 Å². The quantitative estimate of drug-likeness (QED) is 0.700. The molecule has 1 rings (SSSR count). The second-order valence-corrected chi connectivity index (χ2v) is 2.51. The summed E-state index contributed by atoms with van der Waals surface area (Å²) in [5.41, 5.74) is 0.701. The molecule has 0 saturated heterocycles. The fraction of sp³-hybridized carbons (Fsp3) is 0.143. The third kappa shape index (κ3) is 1.49. The van der Waals surface area contributed by atoms with E-state index in [-0.39, 0.29) is 5.56 Å². The van der Waals surface area contributed by atoms with Crippen LogP contribution >= 0.6 is 11.6 Å². The SMILES string of the molecule is Cc1c(Cl)cncc1C(=O)O. The minimum absolute atomic E-state index is 0.150. The highest BCUT2D eigenvalue weighted by Crippen LogP contribution is 2.16. The first-order valence-corrected chi connectivity index (χ1v) is 3.34. The van der Waals surface area contributed by atoms with Gasteiger partial charge in [0, 0.05) is 12.4 Å². The van der Waals surface area contributed by atoms with Crippen LogP contribution in [0.4, 0.5) is 0 Å². The van der Waals surface area contributed by atoms with Gasteiger partial charge in [-0.1, -0.05) is 11.6 Å². The summed E-state index contributed by atoms with van der Waals surface area (Å²) in [6, 6.07) is 0. The first kappa shape index (κ1) is 8.01. The number of hydrogen-bond donors (Lipinski definition) is 1. The summed E-state index contributed by atoms with van der Waals surface area (Å²) >= 11 is 5.63. The van der Waals surface area contributed by atoms with E-state index < -0.39 is 5.97 Å². The molecule has 4 heteroatoms. The molecule has 0 aliphatic heterocycles. The molecule has 3 nitrogen and oxygen atoms in total. The number of rotatable bonds is 1. The lowest BCUT2D eigenvalue weighted by molar-refractivity contribution is 0.0695. The van der Waals surface area contributed by atoms with Crippen LogP contribution in [0.5, 0.6) is 0 Å². The molecule has 0 radical (unpaired) electrons. The number of nitrogens with zero attached hydrogens (tertiary/aromatic N) is 1. The van der Waals surface area contributed by atoms with Crippen LogP contribution in [0.15, 0.2) is 12.4 Å². The average Bonchev–Trinajstić information content (AvgIpc) is 1.94. The topological polar surface area (TPSA) is 50.2 Å². The van der Waals surface area contributed by atoms with E-state index in [0.29, 0.717) is 10.6 Å². The summed E-state index contributed by atoms with van der Waals surface area (Å²) in [5.74, 6) is -1.00. The summed E-state index contributed by atoms with van der Waals surface area (Å²) < 4.78 is 0. The zero-order chi connectivity index (χ0) is 8.43. The number of hydrogen-bond acceptors (Lipinski definition) is 2. The van der Waals surface area contributed by atoms with Gasteiger partial charge in [-0.3, -0.25) is 4.98 Å². The van der Waals surface area contributed by atoms with Crippen LogP contribution in [0.25, 0.3) is 0 Å². The first-order chi connectivity index (χ1) is 5.13. The van der Waals surface area contributed by atoms with Crippen LogP contribution < -0.4 is 0 Å². The van der Waals surface area contributed by atoms with E-state index in [1.54, 1.807) is 6.92 Å².